The van der Waals surface area contributed by atoms with Gasteiger partial charge in [0.15, 0.2) is 0 Å². The largest absolute Gasteiger partial charge is 0.340 e. The molecule has 1 saturated heterocycles. The Hall–Kier alpha value is -2.18. The fourth-order valence-electron chi connectivity index (χ4n) is 4.84. The van der Waals surface area contributed by atoms with Gasteiger partial charge < -0.3 is 4.90 Å². The van der Waals surface area contributed by atoms with E-state index in [0.717, 1.165) is 61.7 Å². The van der Waals surface area contributed by atoms with Gasteiger partial charge in [0.1, 0.15) is 4.83 Å². The summed E-state index contributed by atoms with van der Waals surface area (Å²) in [5, 5.41) is 0.898. The Labute approximate surface area is 182 Å². The number of aryl methyl sites for hydroxylation is 2. The number of rotatable bonds is 4. The number of hydrogen-bond donors (Lipinski definition) is 0. The molecule has 0 bridgehead atoms. The molecule has 0 unspecified atom stereocenters. The summed E-state index contributed by atoms with van der Waals surface area (Å²) in [6, 6.07) is 10.8. The topological polar surface area (TPSA) is 41.4 Å². The third kappa shape index (κ3) is 3.56. The number of nitrogens with zero attached hydrogens (tertiary/aromatic N) is 4. The van der Waals surface area contributed by atoms with Crippen molar-refractivity contribution in [1.82, 2.24) is 14.5 Å². The second kappa shape index (κ2) is 8.16. The number of fused-ring (bicyclic) bond motifs is 3. The summed E-state index contributed by atoms with van der Waals surface area (Å²) in [5.41, 5.74) is 2.80. The molecule has 158 valence electrons. The highest BCUT2D eigenvalue weighted by Crippen LogP contribution is 2.35. The maximum atomic E-state index is 13.6. The lowest BCUT2D eigenvalue weighted by Crippen LogP contribution is -2.48. The molecular formula is C24H30N4OS. The van der Waals surface area contributed by atoms with Gasteiger partial charge in [-0.25, -0.2) is 4.98 Å². The van der Waals surface area contributed by atoms with Crippen LogP contribution in [-0.4, -0.2) is 40.6 Å². The number of piperazine rings is 1. The molecule has 2 aliphatic rings. The normalized spacial score (nSPS) is 17.6. The fourth-order valence-corrected chi connectivity index (χ4v) is 6.09. The second-order valence-electron chi connectivity index (χ2n) is 8.82. The minimum atomic E-state index is 0.103. The molecular weight excluding hydrogens is 392 g/mol. The number of aromatic nitrogens is 2. The molecule has 3 heterocycles. The average Bonchev–Trinajstić information content (AvgIpc) is 3.13. The maximum absolute atomic E-state index is 13.6. The minimum absolute atomic E-state index is 0.103. The van der Waals surface area contributed by atoms with E-state index in [2.05, 4.69) is 54.0 Å². The zero-order valence-electron chi connectivity index (χ0n) is 17.9. The summed E-state index contributed by atoms with van der Waals surface area (Å²) in [6.45, 7) is 8.97. The second-order valence-corrected chi connectivity index (χ2v) is 9.90. The highest BCUT2D eigenvalue weighted by atomic mass is 32.1. The number of benzene rings is 1. The molecule has 1 aliphatic carbocycles. The van der Waals surface area contributed by atoms with E-state index in [0.29, 0.717) is 0 Å². The molecule has 0 spiro atoms. The van der Waals surface area contributed by atoms with E-state index in [9.17, 15) is 4.79 Å². The third-order valence-corrected chi connectivity index (χ3v) is 7.61. The molecule has 0 radical (unpaired) electrons. The first-order valence-corrected chi connectivity index (χ1v) is 12.0. The molecule has 2 aromatic heterocycles. The summed E-state index contributed by atoms with van der Waals surface area (Å²) in [7, 11) is 0. The van der Waals surface area contributed by atoms with Crippen molar-refractivity contribution in [1.29, 1.82) is 0 Å². The Bertz CT molecular complexity index is 1090. The van der Waals surface area contributed by atoms with E-state index < -0.39 is 0 Å². The Kier molecular flexibility index (Phi) is 5.37. The molecule has 5 nitrogen and oxygen atoms in total. The van der Waals surface area contributed by atoms with Crippen molar-refractivity contribution >= 4 is 27.5 Å². The van der Waals surface area contributed by atoms with Gasteiger partial charge in [0.2, 0.25) is 5.95 Å². The molecule has 0 saturated carbocycles. The standard InChI is InChI=1S/C24H30N4OS/c1-17(2)28-23(29)21-19-10-6-7-11-20(19)30-22(21)25-24(28)27-14-12-26(13-15-27)16-18-8-4-3-5-9-18/h3-5,8-9,17H,6-7,10-16H2,1-2H3. The Balaban J connectivity index is 1.44. The predicted octanol–water partition coefficient (Wildman–Crippen LogP) is 4.24. The Morgan fingerprint density at radius 3 is 2.50 bits per heavy atom. The average molecular weight is 423 g/mol. The molecule has 0 amide bonds. The quantitative estimate of drug-likeness (QED) is 0.631. The van der Waals surface area contributed by atoms with Gasteiger partial charge >= 0.3 is 0 Å². The van der Waals surface area contributed by atoms with Crippen LogP contribution >= 0.6 is 11.3 Å². The van der Waals surface area contributed by atoms with Crippen LogP contribution in [-0.2, 0) is 19.4 Å². The summed E-state index contributed by atoms with van der Waals surface area (Å²) in [5.74, 6) is 0.862. The van der Waals surface area contributed by atoms with Crippen LogP contribution in [0.5, 0.6) is 0 Å². The van der Waals surface area contributed by atoms with Gasteiger partial charge in [-0.3, -0.25) is 14.3 Å². The smallest absolute Gasteiger partial charge is 0.264 e. The molecule has 0 atom stereocenters. The van der Waals surface area contributed by atoms with Crippen molar-refractivity contribution in [2.24, 2.45) is 0 Å². The summed E-state index contributed by atoms with van der Waals surface area (Å²) >= 11 is 1.75. The van der Waals surface area contributed by atoms with E-state index in [1.54, 1.807) is 11.3 Å². The number of thiophene rings is 1. The van der Waals surface area contributed by atoms with Crippen molar-refractivity contribution in [2.45, 2.75) is 52.1 Å². The molecule has 1 fully saturated rings. The predicted molar refractivity (Wildman–Crippen MR) is 125 cm³/mol. The highest BCUT2D eigenvalue weighted by Gasteiger charge is 2.26. The van der Waals surface area contributed by atoms with Crippen LogP contribution in [0.25, 0.3) is 10.2 Å². The van der Waals surface area contributed by atoms with Crippen LogP contribution in [0.4, 0.5) is 5.95 Å². The van der Waals surface area contributed by atoms with Crippen LogP contribution in [0.2, 0.25) is 0 Å². The Morgan fingerprint density at radius 1 is 1.03 bits per heavy atom. The SMILES string of the molecule is CC(C)n1c(N2CCN(Cc3ccccc3)CC2)nc2sc3c(c2c1=O)CCCC3. The summed E-state index contributed by atoms with van der Waals surface area (Å²) < 4.78 is 1.94. The fraction of sp³-hybridized carbons (Fsp3) is 0.500. The molecule has 3 aromatic rings. The van der Waals surface area contributed by atoms with E-state index >= 15 is 0 Å². The molecule has 1 aliphatic heterocycles. The van der Waals surface area contributed by atoms with Gasteiger partial charge in [-0.05, 0) is 50.7 Å². The van der Waals surface area contributed by atoms with E-state index in [4.69, 9.17) is 4.98 Å². The van der Waals surface area contributed by atoms with Crippen LogP contribution in [0.15, 0.2) is 35.1 Å². The highest BCUT2D eigenvalue weighted by molar-refractivity contribution is 7.18. The van der Waals surface area contributed by atoms with Crippen molar-refractivity contribution in [2.75, 3.05) is 31.1 Å². The number of hydrogen-bond acceptors (Lipinski definition) is 5. The van der Waals surface area contributed by atoms with Crippen LogP contribution in [0.1, 0.15) is 48.7 Å². The van der Waals surface area contributed by atoms with Crippen LogP contribution in [0.3, 0.4) is 0 Å². The van der Waals surface area contributed by atoms with Crippen LogP contribution in [0, 0.1) is 0 Å². The van der Waals surface area contributed by atoms with Crippen molar-refractivity contribution in [3.63, 3.8) is 0 Å². The van der Waals surface area contributed by atoms with Gasteiger partial charge in [0, 0.05) is 43.6 Å². The van der Waals surface area contributed by atoms with Crippen molar-refractivity contribution in [3.8, 4) is 0 Å². The van der Waals surface area contributed by atoms with Crippen molar-refractivity contribution in [3.05, 3.63) is 56.7 Å². The van der Waals surface area contributed by atoms with E-state index in [1.165, 1.54) is 28.8 Å². The first-order chi connectivity index (χ1) is 14.6. The third-order valence-electron chi connectivity index (χ3n) is 6.42. The minimum Gasteiger partial charge on any atom is -0.340 e. The molecule has 30 heavy (non-hydrogen) atoms. The van der Waals surface area contributed by atoms with Crippen molar-refractivity contribution < 1.29 is 0 Å². The zero-order chi connectivity index (χ0) is 20.7. The molecule has 0 N–H and O–H groups in total. The summed E-state index contributed by atoms with van der Waals surface area (Å²) in [6.07, 6.45) is 4.55. The lowest BCUT2D eigenvalue weighted by molar-refractivity contribution is 0.247. The van der Waals surface area contributed by atoms with Gasteiger partial charge in [0.25, 0.3) is 5.56 Å². The zero-order valence-corrected chi connectivity index (χ0v) is 18.7. The van der Waals surface area contributed by atoms with Gasteiger partial charge in [-0.2, -0.15) is 0 Å². The van der Waals surface area contributed by atoms with Crippen LogP contribution < -0.4 is 10.5 Å². The van der Waals surface area contributed by atoms with E-state index in [-0.39, 0.29) is 11.6 Å². The lowest BCUT2D eigenvalue weighted by Gasteiger charge is -2.36. The molecule has 5 rings (SSSR count). The number of anilines is 1. The lowest BCUT2D eigenvalue weighted by atomic mass is 9.97. The van der Waals surface area contributed by atoms with E-state index in [1.807, 2.05) is 4.57 Å². The summed E-state index contributed by atoms with van der Waals surface area (Å²) in [4.78, 5) is 25.8. The van der Waals surface area contributed by atoms with Gasteiger partial charge in [-0.15, -0.1) is 11.3 Å². The van der Waals surface area contributed by atoms with Gasteiger partial charge in [0.05, 0.1) is 5.39 Å². The molecule has 1 aromatic carbocycles. The van der Waals surface area contributed by atoms with Gasteiger partial charge in [-0.1, -0.05) is 30.3 Å². The maximum Gasteiger partial charge on any atom is 0.264 e. The molecule has 6 heteroatoms. The Morgan fingerprint density at radius 2 is 1.77 bits per heavy atom. The first kappa shape index (κ1) is 19.8. The monoisotopic (exact) mass is 422 g/mol. The first-order valence-electron chi connectivity index (χ1n) is 11.2.